The number of rotatable bonds is 4. The second-order valence-electron chi connectivity index (χ2n) is 6.06. The molecule has 7 heteroatoms. The molecule has 0 bridgehead atoms. The van der Waals surface area contributed by atoms with E-state index in [0.717, 1.165) is 22.6 Å². The summed E-state index contributed by atoms with van der Waals surface area (Å²) in [4.78, 5) is 21.5. The summed E-state index contributed by atoms with van der Waals surface area (Å²) in [5.41, 5.74) is 9.77. The molecule has 0 spiro atoms. The molecule has 0 unspecified atom stereocenters. The van der Waals surface area contributed by atoms with Crippen LogP contribution in [0.3, 0.4) is 0 Å². The van der Waals surface area contributed by atoms with Crippen LogP contribution in [0.5, 0.6) is 5.88 Å². The largest absolute Gasteiger partial charge is 0.403 e. The molecule has 1 aromatic carbocycles. The van der Waals surface area contributed by atoms with Crippen molar-refractivity contribution in [1.29, 1.82) is 0 Å². The van der Waals surface area contributed by atoms with Crippen LogP contribution in [0.2, 0.25) is 0 Å². The van der Waals surface area contributed by atoms with Gasteiger partial charge in [0, 0.05) is 22.6 Å². The quantitative estimate of drug-likeness (QED) is 0.573. The smallest absolute Gasteiger partial charge is 0.346 e. The van der Waals surface area contributed by atoms with E-state index in [2.05, 4.69) is 15.1 Å². The molecule has 0 atom stereocenters. The van der Waals surface area contributed by atoms with Gasteiger partial charge in [-0.2, -0.15) is 9.78 Å². The molecule has 2 heterocycles. The van der Waals surface area contributed by atoms with Crippen LogP contribution in [0.25, 0.3) is 5.95 Å². The molecule has 0 amide bonds. The Morgan fingerprint density at radius 1 is 1.15 bits per heavy atom. The third kappa shape index (κ3) is 3.28. The average Bonchev–Trinajstić information content (AvgIpc) is 2.89. The number of nitrogens with zero attached hydrogens (tertiary/aromatic N) is 4. The minimum atomic E-state index is -0.539. The summed E-state index contributed by atoms with van der Waals surface area (Å²) in [6.45, 7) is 7.61. The number of aromatic nitrogens is 4. The Morgan fingerprint density at radius 2 is 1.81 bits per heavy atom. The number of para-hydroxylation sites is 1. The van der Waals surface area contributed by atoms with Crippen molar-refractivity contribution in [3.63, 3.8) is 0 Å². The standard InChI is InChI=1S/C19H21N5O2/c1-5-14-13(4)23-24(19-21-11(2)10-12(3)22-19)17(14)26-18(25)15-8-6-7-9-16(15)20/h6-10H,5,20H2,1-4H3. The number of esters is 1. The summed E-state index contributed by atoms with van der Waals surface area (Å²) in [5.74, 6) is 0.153. The van der Waals surface area contributed by atoms with Gasteiger partial charge in [0.1, 0.15) is 0 Å². The lowest BCUT2D eigenvalue weighted by Crippen LogP contribution is -2.15. The Labute approximate surface area is 151 Å². The Balaban J connectivity index is 2.08. The van der Waals surface area contributed by atoms with E-state index in [4.69, 9.17) is 10.5 Å². The molecule has 3 rings (SSSR count). The molecule has 0 aliphatic heterocycles. The summed E-state index contributed by atoms with van der Waals surface area (Å²) < 4.78 is 7.17. The third-order valence-electron chi connectivity index (χ3n) is 4.02. The van der Waals surface area contributed by atoms with Gasteiger partial charge in [0.25, 0.3) is 5.95 Å². The van der Waals surface area contributed by atoms with Gasteiger partial charge in [-0.3, -0.25) is 0 Å². The van der Waals surface area contributed by atoms with Crippen molar-refractivity contribution in [2.75, 3.05) is 5.73 Å². The zero-order valence-corrected chi connectivity index (χ0v) is 15.3. The van der Waals surface area contributed by atoms with Crippen LogP contribution in [0.1, 0.15) is 39.9 Å². The molecule has 0 aliphatic carbocycles. The van der Waals surface area contributed by atoms with Gasteiger partial charge in [-0.15, -0.1) is 0 Å². The number of hydrogen-bond acceptors (Lipinski definition) is 6. The van der Waals surface area contributed by atoms with Crippen molar-refractivity contribution in [3.05, 3.63) is 58.5 Å². The second-order valence-corrected chi connectivity index (χ2v) is 6.06. The second kappa shape index (κ2) is 6.95. The number of benzene rings is 1. The predicted octanol–water partition coefficient (Wildman–Crippen LogP) is 2.95. The molecular weight excluding hydrogens is 330 g/mol. The highest BCUT2D eigenvalue weighted by Gasteiger charge is 2.23. The molecular formula is C19H21N5O2. The van der Waals surface area contributed by atoms with Crippen molar-refractivity contribution < 1.29 is 9.53 Å². The highest BCUT2D eigenvalue weighted by atomic mass is 16.5. The number of anilines is 1. The Bertz CT molecular complexity index is 958. The Morgan fingerprint density at radius 3 is 2.42 bits per heavy atom. The molecule has 26 heavy (non-hydrogen) atoms. The first-order chi connectivity index (χ1) is 12.4. The zero-order valence-electron chi connectivity index (χ0n) is 15.3. The van der Waals surface area contributed by atoms with Crippen molar-refractivity contribution in [2.24, 2.45) is 0 Å². The first-order valence-electron chi connectivity index (χ1n) is 8.38. The molecule has 0 radical (unpaired) electrons. The zero-order chi connectivity index (χ0) is 18.8. The van der Waals surface area contributed by atoms with Gasteiger partial charge >= 0.3 is 5.97 Å². The molecule has 3 aromatic rings. The van der Waals surface area contributed by atoms with Gasteiger partial charge in [0.2, 0.25) is 5.88 Å². The van der Waals surface area contributed by atoms with Gasteiger partial charge in [-0.05, 0) is 45.4 Å². The highest BCUT2D eigenvalue weighted by Crippen LogP contribution is 2.27. The molecule has 2 aromatic heterocycles. The number of aryl methyl sites for hydroxylation is 3. The molecule has 0 saturated carbocycles. The van der Waals surface area contributed by atoms with Gasteiger partial charge in [-0.25, -0.2) is 14.8 Å². The molecule has 134 valence electrons. The molecule has 2 N–H and O–H groups in total. The molecule has 0 fully saturated rings. The number of ether oxygens (including phenoxy) is 1. The van der Waals surface area contributed by atoms with Crippen LogP contribution >= 0.6 is 0 Å². The minimum absolute atomic E-state index is 0.307. The summed E-state index contributed by atoms with van der Waals surface area (Å²) in [6.07, 6.45) is 0.656. The van der Waals surface area contributed by atoms with Crippen LogP contribution in [-0.2, 0) is 6.42 Å². The maximum absolute atomic E-state index is 12.6. The van der Waals surface area contributed by atoms with Crippen LogP contribution in [0.15, 0.2) is 30.3 Å². The summed E-state index contributed by atoms with van der Waals surface area (Å²) in [7, 11) is 0. The maximum atomic E-state index is 12.6. The molecule has 7 nitrogen and oxygen atoms in total. The van der Waals surface area contributed by atoms with E-state index >= 15 is 0 Å². The predicted molar refractivity (Wildman–Crippen MR) is 98.6 cm³/mol. The van der Waals surface area contributed by atoms with Crippen molar-refractivity contribution in [1.82, 2.24) is 19.7 Å². The van der Waals surface area contributed by atoms with Gasteiger partial charge in [0.15, 0.2) is 0 Å². The van der Waals surface area contributed by atoms with Gasteiger partial charge < -0.3 is 10.5 Å². The number of hydrogen-bond donors (Lipinski definition) is 1. The maximum Gasteiger partial charge on any atom is 0.346 e. The Hall–Kier alpha value is -3.22. The molecule has 0 saturated heterocycles. The Kier molecular flexibility index (Phi) is 4.71. The SMILES string of the molecule is CCc1c(C)nn(-c2nc(C)cc(C)n2)c1OC(=O)c1ccccc1N. The van der Waals surface area contributed by atoms with E-state index in [1.807, 2.05) is 33.8 Å². The highest BCUT2D eigenvalue weighted by molar-refractivity contribution is 5.96. The molecule has 0 aliphatic rings. The first kappa shape index (κ1) is 17.6. The lowest BCUT2D eigenvalue weighted by atomic mass is 10.2. The summed E-state index contributed by atoms with van der Waals surface area (Å²) in [6, 6.07) is 8.67. The fraction of sp³-hybridized carbons (Fsp3) is 0.263. The number of carbonyl (C=O) groups is 1. The van der Waals surface area contributed by atoms with Crippen LogP contribution in [-0.4, -0.2) is 25.7 Å². The normalized spacial score (nSPS) is 10.8. The van der Waals surface area contributed by atoms with E-state index in [1.165, 1.54) is 4.68 Å². The summed E-state index contributed by atoms with van der Waals surface area (Å²) in [5, 5.41) is 4.49. The first-order valence-corrected chi connectivity index (χ1v) is 8.38. The van der Waals surface area contributed by atoms with E-state index in [1.54, 1.807) is 24.3 Å². The van der Waals surface area contributed by atoms with Gasteiger partial charge in [0.05, 0.1) is 11.3 Å². The third-order valence-corrected chi connectivity index (χ3v) is 4.02. The lowest BCUT2D eigenvalue weighted by Gasteiger charge is -2.10. The van der Waals surface area contributed by atoms with Crippen LogP contribution in [0, 0.1) is 20.8 Å². The topological polar surface area (TPSA) is 95.9 Å². The fourth-order valence-corrected chi connectivity index (χ4v) is 2.81. The van der Waals surface area contributed by atoms with E-state index < -0.39 is 5.97 Å². The van der Waals surface area contributed by atoms with Crippen molar-refractivity contribution in [2.45, 2.75) is 34.1 Å². The monoisotopic (exact) mass is 351 g/mol. The fourth-order valence-electron chi connectivity index (χ4n) is 2.81. The lowest BCUT2D eigenvalue weighted by molar-refractivity contribution is 0.0722. The van der Waals surface area contributed by atoms with E-state index in [9.17, 15) is 4.79 Å². The number of nitrogens with two attached hydrogens (primary N) is 1. The summed E-state index contributed by atoms with van der Waals surface area (Å²) >= 11 is 0. The van der Waals surface area contributed by atoms with Gasteiger partial charge in [-0.1, -0.05) is 19.1 Å². The van der Waals surface area contributed by atoms with Crippen LogP contribution < -0.4 is 10.5 Å². The number of carbonyl (C=O) groups excluding carboxylic acids is 1. The van der Waals surface area contributed by atoms with Crippen molar-refractivity contribution in [3.8, 4) is 11.8 Å². The number of nitrogen functional groups attached to an aromatic ring is 1. The van der Waals surface area contributed by atoms with Crippen molar-refractivity contribution >= 4 is 11.7 Å². The van der Waals surface area contributed by atoms with E-state index in [-0.39, 0.29) is 0 Å². The minimum Gasteiger partial charge on any atom is -0.403 e. The van der Waals surface area contributed by atoms with Crippen LogP contribution in [0.4, 0.5) is 5.69 Å². The van der Waals surface area contributed by atoms with E-state index in [0.29, 0.717) is 29.5 Å². The average molecular weight is 351 g/mol.